The Labute approximate surface area is 232 Å². The number of hydrogen-bond donors (Lipinski definition) is 3. The number of carbonyl (C=O) groups is 3. The predicted molar refractivity (Wildman–Crippen MR) is 153 cm³/mol. The van der Waals surface area contributed by atoms with Crippen LogP contribution in [0.15, 0.2) is 60.1 Å². The molecule has 1 fully saturated rings. The number of nitrogens with one attached hydrogen (secondary N) is 2. The van der Waals surface area contributed by atoms with Crippen molar-refractivity contribution in [1.82, 2.24) is 19.8 Å². The van der Waals surface area contributed by atoms with Crippen molar-refractivity contribution in [1.29, 1.82) is 0 Å². The second-order valence-electron chi connectivity index (χ2n) is 9.71. The van der Waals surface area contributed by atoms with Gasteiger partial charge in [0.1, 0.15) is 0 Å². The van der Waals surface area contributed by atoms with Crippen molar-refractivity contribution in [2.24, 2.45) is 5.73 Å². The Hall–Kier alpha value is -4.61. The molecule has 1 aliphatic rings. The molecular weight excluding hydrogens is 531 g/mol. The number of aromatic amines is 1. The normalized spacial score (nSPS) is 14.1. The average Bonchev–Trinajstić information content (AvgIpc) is 3.62. The van der Waals surface area contributed by atoms with Gasteiger partial charge in [-0.1, -0.05) is 24.3 Å². The lowest BCUT2D eigenvalue weighted by Crippen LogP contribution is -2.47. The molecule has 2 aromatic heterocycles. The number of primary amides is 1. The fourth-order valence-electron chi connectivity index (χ4n) is 5.12. The van der Waals surface area contributed by atoms with Crippen LogP contribution in [0.3, 0.4) is 0 Å². The van der Waals surface area contributed by atoms with Crippen LogP contribution < -0.4 is 11.1 Å². The number of anilines is 1. The molecule has 202 valence electrons. The van der Waals surface area contributed by atoms with E-state index < -0.39 is 17.6 Å². The van der Waals surface area contributed by atoms with Crippen molar-refractivity contribution in [2.75, 3.05) is 38.5 Å². The largest absolute Gasteiger partial charge is 0.366 e. The first-order valence-corrected chi connectivity index (χ1v) is 13.6. The van der Waals surface area contributed by atoms with Gasteiger partial charge in [-0.25, -0.2) is 9.37 Å². The summed E-state index contributed by atoms with van der Waals surface area (Å²) in [5, 5.41) is 5.78. The van der Waals surface area contributed by atoms with Gasteiger partial charge < -0.3 is 25.8 Å². The number of aromatic nitrogens is 2. The summed E-state index contributed by atoms with van der Waals surface area (Å²) in [5.74, 6) is -1.85. The van der Waals surface area contributed by atoms with Crippen LogP contribution in [-0.2, 0) is 0 Å². The maximum absolute atomic E-state index is 15.9. The number of likely N-dealkylation sites (N-methyl/N-ethyl adjacent to an activating group) is 1. The highest BCUT2D eigenvalue weighted by Gasteiger charge is 2.23. The third kappa shape index (κ3) is 4.48. The average molecular weight is 557 g/mol. The van der Waals surface area contributed by atoms with Crippen molar-refractivity contribution < 1.29 is 18.8 Å². The van der Waals surface area contributed by atoms with Crippen LogP contribution in [0.4, 0.5) is 10.1 Å². The monoisotopic (exact) mass is 556 g/mol. The number of H-pyrrole nitrogens is 1. The van der Waals surface area contributed by atoms with Crippen molar-refractivity contribution in [2.45, 2.75) is 0 Å². The number of benzene rings is 3. The standard InChI is InChI=1S/C29H25FN6O3S/c1-35-10-12-36(13-11-35)29(39)16-5-6-19-22(15-16)33-25-20(26(31)37)8-7-17(23(19)25)18-3-2-4-21(24(18)30)34-27(38)28-32-9-14-40-28/h2-9,14-15,33H,10-13H2,1H3,(H2,31,37)(H,34,38). The van der Waals surface area contributed by atoms with Crippen molar-refractivity contribution in [3.63, 3.8) is 0 Å². The molecule has 0 unspecified atom stereocenters. The SMILES string of the molecule is CN1CCN(C(=O)c2ccc3c(c2)[nH]c2c(C(N)=O)ccc(-c4cccc(NC(=O)c5nccs5)c4F)c23)CC1. The minimum atomic E-state index is -0.637. The highest BCUT2D eigenvalue weighted by atomic mass is 32.1. The molecule has 0 saturated carbocycles. The predicted octanol–water partition coefficient (Wildman–Crippen LogP) is 4.32. The minimum Gasteiger partial charge on any atom is -0.366 e. The molecule has 40 heavy (non-hydrogen) atoms. The molecule has 3 amide bonds. The first kappa shape index (κ1) is 25.7. The van der Waals surface area contributed by atoms with Gasteiger partial charge in [-0.2, -0.15) is 0 Å². The van der Waals surface area contributed by atoms with Gasteiger partial charge >= 0.3 is 0 Å². The molecule has 6 rings (SSSR count). The van der Waals surface area contributed by atoms with Gasteiger partial charge in [-0.15, -0.1) is 11.3 Å². The number of carbonyl (C=O) groups excluding carboxylic acids is 3. The number of nitrogens with zero attached hydrogens (tertiary/aromatic N) is 3. The highest BCUT2D eigenvalue weighted by molar-refractivity contribution is 7.11. The van der Waals surface area contributed by atoms with E-state index in [0.29, 0.717) is 46.0 Å². The first-order valence-electron chi connectivity index (χ1n) is 12.7. The number of fused-ring (bicyclic) bond motifs is 3. The van der Waals surface area contributed by atoms with E-state index in [1.54, 1.807) is 47.8 Å². The molecule has 5 aromatic rings. The van der Waals surface area contributed by atoms with Gasteiger partial charge in [-0.3, -0.25) is 14.4 Å². The van der Waals surface area contributed by atoms with E-state index in [-0.39, 0.29) is 27.7 Å². The molecule has 1 aliphatic heterocycles. The van der Waals surface area contributed by atoms with Gasteiger partial charge in [0.15, 0.2) is 10.8 Å². The lowest BCUT2D eigenvalue weighted by atomic mass is 9.95. The Morgan fingerprint density at radius 2 is 1.85 bits per heavy atom. The van der Waals surface area contributed by atoms with E-state index in [4.69, 9.17) is 5.73 Å². The maximum Gasteiger partial charge on any atom is 0.284 e. The number of nitrogens with two attached hydrogens (primary N) is 1. The fraction of sp³-hybridized carbons (Fsp3) is 0.172. The van der Waals surface area contributed by atoms with E-state index in [9.17, 15) is 14.4 Å². The summed E-state index contributed by atoms with van der Waals surface area (Å²) in [6.07, 6.45) is 1.50. The van der Waals surface area contributed by atoms with E-state index in [2.05, 4.69) is 20.2 Å². The second-order valence-corrected chi connectivity index (χ2v) is 10.6. The molecule has 0 radical (unpaired) electrons. The zero-order chi connectivity index (χ0) is 28.0. The molecule has 0 spiro atoms. The van der Waals surface area contributed by atoms with Crippen LogP contribution in [0.5, 0.6) is 0 Å². The van der Waals surface area contributed by atoms with Gasteiger partial charge in [0.05, 0.1) is 16.8 Å². The van der Waals surface area contributed by atoms with Gasteiger partial charge in [-0.05, 0) is 36.9 Å². The molecule has 1 saturated heterocycles. The Morgan fingerprint density at radius 1 is 1.05 bits per heavy atom. The molecule has 0 aliphatic carbocycles. The molecule has 9 nitrogen and oxygen atoms in total. The van der Waals surface area contributed by atoms with Crippen molar-refractivity contribution in [3.05, 3.63) is 82.1 Å². The molecule has 11 heteroatoms. The van der Waals surface area contributed by atoms with Crippen molar-refractivity contribution in [3.8, 4) is 11.1 Å². The minimum absolute atomic E-state index is 0.00438. The van der Waals surface area contributed by atoms with Crippen molar-refractivity contribution >= 4 is 56.6 Å². The Kier molecular flexibility index (Phi) is 6.53. The molecule has 3 aromatic carbocycles. The van der Waals surface area contributed by atoms with Gasteiger partial charge in [0.25, 0.3) is 17.7 Å². The smallest absolute Gasteiger partial charge is 0.284 e. The van der Waals surface area contributed by atoms with Crippen LogP contribution in [0.1, 0.15) is 30.5 Å². The number of hydrogen-bond acceptors (Lipinski definition) is 6. The Balaban J connectivity index is 1.45. The van der Waals surface area contributed by atoms with Gasteiger partial charge in [0, 0.05) is 65.2 Å². The summed E-state index contributed by atoms with van der Waals surface area (Å²) in [7, 11) is 2.03. The topological polar surface area (TPSA) is 124 Å². The lowest BCUT2D eigenvalue weighted by Gasteiger charge is -2.32. The fourth-order valence-corrected chi connectivity index (χ4v) is 5.65. The summed E-state index contributed by atoms with van der Waals surface area (Å²) < 4.78 is 15.9. The number of amides is 3. The number of halogens is 1. The molecule has 0 bridgehead atoms. The summed E-state index contributed by atoms with van der Waals surface area (Å²) in [5.41, 5.74) is 8.26. The molecule has 0 atom stereocenters. The van der Waals surface area contributed by atoms with E-state index in [1.165, 1.54) is 12.3 Å². The highest BCUT2D eigenvalue weighted by Crippen LogP contribution is 2.39. The van der Waals surface area contributed by atoms with Crippen LogP contribution in [0.2, 0.25) is 0 Å². The third-order valence-corrected chi connectivity index (χ3v) is 7.99. The maximum atomic E-state index is 15.9. The molecule has 4 N–H and O–H groups in total. The summed E-state index contributed by atoms with van der Waals surface area (Å²) in [6.45, 7) is 2.90. The summed E-state index contributed by atoms with van der Waals surface area (Å²) in [4.78, 5) is 49.3. The van der Waals surface area contributed by atoms with Crippen LogP contribution in [0, 0.1) is 5.82 Å². The van der Waals surface area contributed by atoms with E-state index in [0.717, 1.165) is 24.4 Å². The summed E-state index contributed by atoms with van der Waals surface area (Å²) >= 11 is 1.15. The molecular formula is C29H25FN6O3S. The zero-order valence-electron chi connectivity index (χ0n) is 21.5. The Bertz CT molecular complexity index is 1790. The quantitative estimate of drug-likeness (QED) is 0.297. The van der Waals surface area contributed by atoms with E-state index >= 15 is 4.39 Å². The van der Waals surface area contributed by atoms with Crippen LogP contribution in [-0.4, -0.2) is 70.7 Å². The first-order chi connectivity index (χ1) is 19.3. The van der Waals surface area contributed by atoms with Crippen LogP contribution >= 0.6 is 11.3 Å². The lowest BCUT2D eigenvalue weighted by molar-refractivity contribution is 0.0664. The zero-order valence-corrected chi connectivity index (χ0v) is 22.3. The number of thiazole rings is 1. The Morgan fingerprint density at radius 3 is 2.58 bits per heavy atom. The summed E-state index contributed by atoms with van der Waals surface area (Å²) in [6, 6.07) is 13.2. The second kappa shape index (κ2) is 10.2. The molecule has 3 heterocycles. The van der Waals surface area contributed by atoms with E-state index in [1.807, 2.05) is 11.9 Å². The van der Waals surface area contributed by atoms with Crippen LogP contribution in [0.25, 0.3) is 32.9 Å². The van der Waals surface area contributed by atoms with Gasteiger partial charge in [0.2, 0.25) is 0 Å². The number of rotatable bonds is 5. The third-order valence-electron chi connectivity index (χ3n) is 7.22. The number of piperazine rings is 1.